The van der Waals surface area contributed by atoms with Gasteiger partial charge in [-0.15, -0.1) is 15.3 Å². The minimum absolute atomic E-state index is 0.0480. The lowest BCUT2D eigenvalue weighted by Crippen LogP contribution is -2.11. The fourth-order valence-corrected chi connectivity index (χ4v) is 2.70. The molecule has 26 heavy (non-hydrogen) atoms. The number of benzene rings is 1. The molecule has 14 heteroatoms. The van der Waals surface area contributed by atoms with Crippen molar-refractivity contribution in [1.82, 2.24) is 19.8 Å². The molecular weight excluding hydrogens is 403 g/mol. The molecule has 0 saturated heterocycles. The van der Waals surface area contributed by atoms with Crippen molar-refractivity contribution in [1.29, 1.82) is 0 Å². The van der Waals surface area contributed by atoms with E-state index in [0.717, 1.165) is 0 Å². The molecular formula is C12H3F9N4S. The van der Waals surface area contributed by atoms with Crippen molar-refractivity contribution in [3.05, 3.63) is 34.3 Å². The number of rotatable bonds is 1. The maximum Gasteiger partial charge on any atom is 0.445 e. The Balaban J connectivity index is 2.23. The smallest absolute Gasteiger partial charge is 0.182 e. The number of aromatic nitrogens is 4. The Morgan fingerprint density at radius 3 is 1.73 bits per heavy atom. The van der Waals surface area contributed by atoms with E-state index < -0.39 is 51.0 Å². The zero-order chi connectivity index (χ0) is 19.5. The van der Waals surface area contributed by atoms with Crippen LogP contribution in [-0.4, -0.2) is 19.8 Å². The number of halogens is 9. The number of hydrogen-bond acceptors (Lipinski definition) is 4. The minimum atomic E-state index is -5.11. The monoisotopic (exact) mass is 406 g/mol. The zero-order valence-electron chi connectivity index (χ0n) is 11.8. The Kier molecular flexibility index (Phi) is 3.94. The molecule has 3 rings (SSSR count). The Labute approximate surface area is 140 Å². The van der Waals surface area contributed by atoms with Crippen LogP contribution >= 0.6 is 11.3 Å². The predicted octanol–water partition coefficient (Wildman–Crippen LogP) is 4.91. The van der Waals surface area contributed by atoms with Crippen molar-refractivity contribution >= 4 is 16.3 Å². The summed E-state index contributed by atoms with van der Waals surface area (Å²) in [6, 6.07) is 0.556. The maximum absolute atomic E-state index is 12.9. The molecule has 2 aromatic heterocycles. The van der Waals surface area contributed by atoms with E-state index in [4.69, 9.17) is 0 Å². The van der Waals surface area contributed by atoms with Crippen molar-refractivity contribution in [2.24, 2.45) is 0 Å². The number of hydrogen-bond donors (Lipinski definition) is 0. The molecule has 0 radical (unpaired) electrons. The molecule has 0 aliphatic carbocycles. The van der Waals surface area contributed by atoms with E-state index in [-0.39, 0.29) is 17.4 Å². The third-order valence-electron chi connectivity index (χ3n) is 3.08. The molecule has 3 aromatic rings. The van der Waals surface area contributed by atoms with Gasteiger partial charge in [0, 0.05) is 5.56 Å². The van der Waals surface area contributed by atoms with Crippen molar-refractivity contribution in [2.45, 2.75) is 18.5 Å². The van der Waals surface area contributed by atoms with Crippen molar-refractivity contribution in [3.63, 3.8) is 0 Å². The molecule has 0 aliphatic heterocycles. The first-order valence-electron chi connectivity index (χ1n) is 6.36. The van der Waals surface area contributed by atoms with Gasteiger partial charge in [0.2, 0.25) is 9.97 Å². The van der Waals surface area contributed by atoms with Crippen LogP contribution in [0.1, 0.15) is 16.1 Å². The molecule has 0 saturated carbocycles. The van der Waals surface area contributed by atoms with Gasteiger partial charge < -0.3 is 0 Å². The van der Waals surface area contributed by atoms with Gasteiger partial charge in [0.05, 0.1) is 11.1 Å². The molecule has 0 bridgehead atoms. The van der Waals surface area contributed by atoms with E-state index >= 15 is 0 Å². The van der Waals surface area contributed by atoms with Crippen LogP contribution in [-0.2, 0) is 18.5 Å². The SMILES string of the molecule is FC(F)(F)c1cc(-c2nnc3sc(C(F)(F)F)nn23)cc(C(F)(F)F)c1. The van der Waals surface area contributed by atoms with Crippen LogP contribution in [0.5, 0.6) is 0 Å². The van der Waals surface area contributed by atoms with Crippen molar-refractivity contribution < 1.29 is 39.5 Å². The Morgan fingerprint density at radius 2 is 1.27 bits per heavy atom. The molecule has 1 aromatic carbocycles. The zero-order valence-corrected chi connectivity index (χ0v) is 12.6. The summed E-state index contributed by atoms with van der Waals surface area (Å²) in [5.74, 6) is -0.677. The Bertz CT molecular complexity index is 932. The first-order chi connectivity index (χ1) is 11.8. The number of fused-ring (bicyclic) bond motifs is 1. The summed E-state index contributed by atoms with van der Waals surface area (Å²) in [5.41, 5.74) is -3.99. The van der Waals surface area contributed by atoms with E-state index in [1.807, 2.05) is 0 Å². The molecule has 0 fully saturated rings. The average molecular weight is 406 g/mol. The molecule has 2 heterocycles. The summed E-state index contributed by atoms with van der Waals surface area (Å²) in [4.78, 5) is -0.432. The largest absolute Gasteiger partial charge is 0.445 e. The first-order valence-corrected chi connectivity index (χ1v) is 7.18. The third-order valence-corrected chi connectivity index (χ3v) is 4.02. The van der Waals surface area contributed by atoms with Crippen LogP contribution in [0.3, 0.4) is 0 Å². The second-order valence-electron chi connectivity index (χ2n) is 4.92. The highest BCUT2D eigenvalue weighted by molar-refractivity contribution is 7.16. The summed E-state index contributed by atoms with van der Waals surface area (Å²) in [6.07, 6.45) is -15.1. The lowest BCUT2D eigenvalue weighted by Gasteiger charge is -2.13. The van der Waals surface area contributed by atoms with Crippen LogP contribution in [0.4, 0.5) is 39.5 Å². The average Bonchev–Trinajstić information content (AvgIpc) is 3.04. The van der Waals surface area contributed by atoms with Crippen LogP contribution in [0.15, 0.2) is 18.2 Å². The van der Waals surface area contributed by atoms with E-state index in [0.29, 0.717) is 16.6 Å². The maximum atomic E-state index is 12.9. The predicted molar refractivity (Wildman–Crippen MR) is 69.1 cm³/mol. The molecule has 0 amide bonds. The fourth-order valence-electron chi connectivity index (χ4n) is 2.00. The second kappa shape index (κ2) is 5.56. The normalized spacial score (nSPS) is 13.6. The van der Waals surface area contributed by atoms with Gasteiger partial charge in [-0.1, -0.05) is 11.3 Å². The highest BCUT2D eigenvalue weighted by Gasteiger charge is 2.39. The van der Waals surface area contributed by atoms with Crippen LogP contribution in [0.25, 0.3) is 16.3 Å². The number of nitrogens with zero attached hydrogens (tertiary/aromatic N) is 4. The summed E-state index contributed by atoms with van der Waals surface area (Å²) in [5, 5.41) is 8.43. The minimum Gasteiger partial charge on any atom is -0.182 e. The lowest BCUT2D eigenvalue weighted by atomic mass is 10.0. The van der Waals surface area contributed by atoms with E-state index in [9.17, 15) is 39.5 Å². The van der Waals surface area contributed by atoms with Gasteiger partial charge in [0.1, 0.15) is 0 Å². The lowest BCUT2D eigenvalue weighted by molar-refractivity contribution is -0.143. The van der Waals surface area contributed by atoms with Crippen LogP contribution in [0.2, 0.25) is 0 Å². The Morgan fingerprint density at radius 1 is 0.731 bits per heavy atom. The third kappa shape index (κ3) is 3.32. The first kappa shape index (κ1) is 18.4. The molecule has 0 spiro atoms. The summed E-state index contributed by atoms with van der Waals surface area (Å²) in [7, 11) is 0. The van der Waals surface area contributed by atoms with Crippen molar-refractivity contribution in [3.8, 4) is 11.4 Å². The van der Waals surface area contributed by atoms with E-state index in [2.05, 4.69) is 15.3 Å². The fraction of sp³-hybridized carbons (Fsp3) is 0.250. The molecule has 0 N–H and O–H groups in total. The van der Waals surface area contributed by atoms with Gasteiger partial charge in [-0.3, -0.25) is 0 Å². The highest BCUT2D eigenvalue weighted by Crippen LogP contribution is 2.39. The summed E-state index contributed by atoms with van der Waals surface area (Å²) >= 11 is 0.0480. The molecule has 0 atom stereocenters. The van der Waals surface area contributed by atoms with Crippen molar-refractivity contribution in [2.75, 3.05) is 0 Å². The standard InChI is InChI=1S/C12H3F9N4S/c13-10(14,15)5-1-4(2-6(3-5)11(16,17)18)7-22-23-9-25(7)24-8(26-9)12(19,20)21/h1-3H. The Hall–Kier alpha value is -2.38. The highest BCUT2D eigenvalue weighted by atomic mass is 32.1. The van der Waals surface area contributed by atoms with Gasteiger partial charge in [-0.25, -0.2) is 0 Å². The quantitative estimate of drug-likeness (QED) is 0.540. The van der Waals surface area contributed by atoms with Gasteiger partial charge in [0.25, 0.3) is 0 Å². The topological polar surface area (TPSA) is 43.1 Å². The van der Waals surface area contributed by atoms with Gasteiger partial charge in [-0.05, 0) is 18.2 Å². The van der Waals surface area contributed by atoms with E-state index in [1.165, 1.54) is 0 Å². The molecule has 0 aliphatic rings. The number of alkyl halides is 9. The summed E-state index contributed by atoms with van der Waals surface area (Å²) < 4.78 is 116. The van der Waals surface area contributed by atoms with Crippen LogP contribution in [0, 0.1) is 0 Å². The van der Waals surface area contributed by atoms with Crippen LogP contribution < -0.4 is 0 Å². The summed E-state index contributed by atoms with van der Waals surface area (Å²) in [6.45, 7) is 0. The van der Waals surface area contributed by atoms with E-state index in [1.54, 1.807) is 0 Å². The van der Waals surface area contributed by atoms with Gasteiger partial charge in [0.15, 0.2) is 5.82 Å². The van der Waals surface area contributed by atoms with Gasteiger partial charge in [-0.2, -0.15) is 44.0 Å². The second-order valence-corrected chi connectivity index (χ2v) is 5.87. The molecule has 0 unspecified atom stereocenters. The molecule has 140 valence electrons. The van der Waals surface area contributed by atoms with Gasteiger partial charge >= 0.3 is 18.5 Å². The molecule has 4 nitrogen and oxygen atoms in total.